The Morgan fingerprint density at radius 3 is 3.00 bits per heavy atom. The fourth-order valence-electron chi connectivity index (χ4n) is 3.64. The lowest BCUT2D eigenvalue weighted by molar-refractivity contribution is 0.118. The number of methoxy groups -OCH3 is 1. The van der Waals surface area contributed by atoms with Gasteiger partial charge < -0.3 is 9.64 Å². The molecular weight excluding hydrogens is 336 g/mol. The molecule has 3 aromatic heterocycles. The van der Waals surface area contributed by atoms with Crippen molar-refractivity contribution in [1.82, 2.24) is 25.1 Å². The number of H-pyrrole nitrogens is 1. The Hall–Kier alpha value is -2.06. The zero-order valence-electron chi connectivity index (χ0n) is 14.3. The lowest BCUT2D eigenvalue weighted by Gasteiger charge is -2.24. The molecule has 2 atom stereocenters. The first-order valence-electron chi connectivity index (χ1n) is 8.65. The summed E-state index contributed by atoms with van der Waals surface area (Å²) < 4.78 is 5.66. The van der Waals surface area contributed by atoms with E-state index in [0.717, 1.165) is 40.6 Å². The van der Waals surface area contributed by atoms with Gasteiger partial charge in [-0.2, -0.15) is 5.10 Å². The van der Waals surface area contributed by atoms with Crippen LogP contribution in [0.5, 0.6) is 0 Å². The van der Waals surface area contributed by atoms with E-state index in [-0.39, 0.29) is 12.1 Å². The largest absolute Gasteiger partial charge is 0.380 e. The molecule has 130 valence electrons. The third-order valence-corrected chi connectivity index (χ3v) is 6.18. The molecule has 7 nitrogen and oxygen atoms in total. The molecule has 5 rings (SSSR count). The predicted molar refractivity (Wildman–Crippen MR) is 96.0 cm³/mol. The molecule has 0 unspecified atom stereocenters. The molecular formula is C17H20N6OS. The van der Waals surface area contributed by atoms with Crippen LogP contribution in [0.1, 0.15) is 48.4 Å². The van der Waals surface area contributed by atoms with Crippen LogP contribution in [0, 0.1) is 6.92 Å². The van der Waals surface area contributed by atoms with E-state index in [1.807, 2.05) is 0 Å². The van der Waals surface area contributed by atoms with Crippen LogP contribution < -0.4 is 4.90 Å². The second-order valence-electron chi connectivity index (χ2n) is 6.91. The van der Waals surface area contributed by atoms with Gasteiger partial charge in [0.25, 0.3) is 0 Å². The first-order chi connectivity index (χ1) is 12.2. The molecule has 25 heavy (non-hydrogen) atoms. The third kappa shape index (κ3) is 2.51. The average Bonchev–Trinajstić information content (AvgIpc) is 3.07. The number of aromatic amines is 1. The minimum atomic E-state index is 0.0994. The molecule has 4 heterocycles. The van der Waals surface area contributed by atoms with Gasteiger partial charge in [0.05, 0.1) is 17.5 Å². The molecule has 3 aromatic rings. The summed E-state index contributed by atoms with van der Waals surface area (Å²) in [6.45, 7) is 2.91. The molecule has 2 aliphatic rings. The maximum absolute atomic E-state index is 5.66. The van der Waals surface area contributed by atoms with Crippen molar-refractivity contribution in [1.29, 1.82) is 0 Å². The minimum absolute atomic E-state index is 0.0994. The number of thiophene rings is 1. The van der Waals surface area contributed by atoms with Gasteiger partial charge in [-0.3, -0.25) is 5.10 Å². The van der Waals surface area contributed by atoms with Gasteiger partial charge in [-0.25, -0.2) is 15.0 Å². The summed E-state index contributed by atoms with van der Waals surface area (Å²) in [5.74, 6) is 3.39. The van der Waals surface area contributed by atoms with Crippen LogP contribution in [0.4, 0.5) is 5.82 Å². The zero-order valence-corrected chi connectivity index (χ0v) is 15.1. The smallest absolute Gasteiger partial charge is 0.153 e. The van der Waals surface area contributed by atoms with Gasteiger partial charge in [0.15, 0.2) is 5.82 Å². The number of aryl methyl sites for hydroxylation is 1. The van der Waals surface area contributed by atoms with E-state index in [1.165, 1.54) is 18.4 Å². The Bertz CT molecular complexity index is 917. The molecule has 8 heteroatoms. The number of aromatic nitrogens is 5. The number of hydrogen-bond acceptors (Lipinski definition) is 7. The lowest BCUT2D eigenvalue weighted by Crippen LogP contribution is -2.26. The van der Waals surface area contributed by atoms with E-state index in [4.69, 9.17) is 9.72 Å². The normalized spacial score (nSPS) is 23.7. The summed E-state index contributed by atoms with van der Waals surface area (Å²) in [6.07, 6.45) is 5.09. The van der Waals surface area contributed by atoms with Crippen molar-refractivity contribution in [3.63, 3.8) is 0 Å². The highest BCUT2D eigenvalue weighted by molar-refractivity contribution is 7.17. The number of nitrogens with one attached hydrogen (secondary N) is 1. The second kappa shape index (κ2) is 5.74. The van der Waals surface area contributed by atoms with Crippen molar-refractivity contribution < 1.29 is 4.74 Å². The molecule has 1 saturated heterocycles. The van der Waals surface area contributed by atoms with Crippen LogP contribution in [0.25, 0.3) is 10.2 Å². The quantitative estimate of drug-likeness (QED) is 0.774. The Balaban J connectivity index is 1.57. The number of anilines is 1. The van der Waals surface area contributed by atoms with Crippen LogP contribution in [0.3, 0.4) is 0 Å². The maximum atomic E-state index is 5.66. The van der Waals surface area contributed by atoms with Crippen LogP contribution in [-0.2, 0) is 4.74 Å². The maximum Gasteiger partial charge on any atom is 0.153 e. The van der Waals surface area contributed by atoms with E-state index < -0.39 is 0 Å². The molecule has 0 aromatic carbocycles. The summed E-state index contributed by atoms with van der Waals surface area (Å²) in [5.41, 5.74) is 1.21. The zero-order chi connectivity index (χ0) is 17.0. The monoisotopic (exact) mass is 356 g/mol. The molecule has 0 bridgehead atoms. The van der Waals surface area contributed by atoms with Gasteiger partial charge in [-0.15, -0.1) is 11.3 Å². The molecule has 0 radical (unpaired) electrons. The summed E-state index contributed by atoms with van der Waals surface area (Å²) >= 11 is 1.66. The Morgan fingerprint density at radius 2 is 2.20 bits per heavy atom. The third-order valence-electron chi connectivity index (χ3n) is 5.18. The first-order valence-corrected chi connectivity index (χ1v) is 9.53. The van der Waals surface area contributed by atoms with E-state index in [0.29, 0.717) is 5.92 Å². The standard InChI is InChI=1S/C17H20N6OS/c1-9-7-25-17-13(9)16(18-8-19-17)23-6-11(24-2)5-12(23)15-20-14(21-22-15)10-3-4-10/h7-8,10-12H,3-6H2,1-2H3,(H,20,21,22)/t11-,12+/m1/s1. The van der Waals surface area contributed by atoms with Crippen molar-refractivity contribution in [3.05, 3.63) is 28.9 Å². The summed E-state index contributed by atoms with van der Waals surface area (Å²) in [7, 11) is 1.77. The van der Waals surface area contributed by atoms with Gasteiger partial charge in [0.2, 0.25) is 0 Å². The highest BCUT2D eigenvalue weighted by atomic mass is 32.1. The first kappa shape index (κ1) is 15.2. The fourth-order valence-corrected chi connectivity index (χ4v) is 4.52. The average molecular weight is 356 g/mol. The van der Waals surface area contributed by atoms with Crippen molar-refractivity contribution in [2.75, 3.05) is 18.6 Å². The van der Waals surface area contributed by atoms with Crippen LogP contribution in [-0.4, -0.2) is 44.9 Å². The van der Waals surface area contributed by atoms with Gasteiger partial charge >= 0.3 is 0 Å². The molecule has 0 spiro atoms. The van der Waals surface area contributed by atoms with E-state index in [2.05, 4.69) is 37.4 Å². The van der Waals surface area contributed by atoms with Crippen molar-refractivity contribution >= 4 is 27.4 Å². The van der Waals surface area contributed by atoms with Crippen LogP contribution >= 0.6 is 11.3 Å². The van der Waals surface area contributed by atoms with Gasteiger partial charge in [-0.05, 0) is 30.7 Å². The fraction of sp³-hybridized carbons (Fsp3) is 0.529. The van der Waals surface area contributed by atoms with Crippen LogP contribution in [0.2, 0.25) is 0 Å². The lowest BCUT2D eigenvalue weighted by atomic mass is 10.1. The SMILES string of the molecule is CO[C@@H]1C[C@@H](c2nc(C3CC3)n[nH]2)N(c2ncnc3scc(C)c23)C1. The number of nitrogens with zero attached hydrogens (tertiary/aromatic N) is 5. The highest BCUT2D eigenvalue weighted by Crippen LogP contribution is 2.42. The molecule has 1 N–H and O–H groups in total. The van der Waals surface area contributed by atoms with Crippen LogP contribution in [0.15, 0.2) is 11.7 Å². The summed E-state index contributed by atoms with van der Waals surface area (Å²) in [5, 5.41) is 10.9. The van der Waals surface area contributed by atoms with Gasteiger partial charge in [-0.1, -0.05) is 0 Å². The number of hydrogen-bond donors (Lipinski definition) is 1. The Labute approximate surface area is 149 Å². The summed E-state index contributed by atoms with van der Waals surface area (Å²) in [4.78, 5) is 17.2. The van der Waals surface area contributed by atoms with E-state index >= 15 is 0 Å². The summed E-state index contributed by atoms with van der Waals surface area (Å²) in [6, 6.07) is 0.0994. The van der Waals surface area contributed by atoms with Crippen molar-refractivity contribution in [2.24, 2.45) is 0 Å². The molecule has 1 aliphatic heterocycles. The second-order valence-corrected chi connectivity index (χ2v) is 7.77. The van der Waals surface area contributed by atoms with Gasteiger partial charge in [0.1, 0.15) is 22.8 Å². The Morgan fingerprint density at radius 1 is 1.32 bits per heavy atom. The molecule has 2 fully saturated rings. The number of fused-ring (bicyclic) bond motifs is 1. The molecule has 0 amide bonds. The Kier molecular flexibility index (Phi) is 3.49. The topological polar surface area (TPSA) is 79.8 Å². The van der Waals surface area contributed by atoms with Gasteiger partial charge in [0, 0.05) is 26.0 Å². The molecule has 1 aliphatic carbocycles. The van der Waals surface area contributed by atoms with E-state index in [9.17, 15) is 0 Å². The van der Waals surface area contributed by atoms with E-state index in [1.54, 1.807) is 24.8 Å². The number of rotatable bonds is 4. The number of ether oxygens (including phenoxy) is 1. The highest BCUT2D eigenvalue weighted by Gasteiger charge is 2.38. The minimum Gasteiger partial charge on any atom is -0.380 e. The van der Waals surface area contributed by atoms with Crippen molar-refractivity contribution in [2.45, 2.75) is 44.2 Å². The predicted octanol–water partition coefficient (Wildman–Crippen LogP) is 2.96. The van der Waals surface area contributed by atoms with Crippen molar-refractivity contribution in [3.8, 4) is 0 Å². The molecule has 1 saturated carbocycles.